The van der Waals surface area contributed by atoms with Gasteiger partial charge in [-0.05, 0) is 54.6 Å². The highest BCUT2D eigenvalue weighted by molar-refractivity contribution is 6.04. The Morgan fingerprint density at radius 3 is 1.96 bits per heavy atom. The molecule has 0 heterocycles. The molecule has 3 aromatic carbocycles. The lowest BCUT2D eigenvalue weighted by Gasteiger charge is -2.09. The number of rotatable bonds is 4. The van der Waals surface area contributed by atoms with Gasteiger partial charge < -0.3 is 15.8 Å². The highest BCUT2D eigenvalue weighted by atomic mass is 19.2. The molecule has 0 spiro atoms. The van der Waals surface area contributed by atoms with Crippen molar-refractivity contribution in [1.29, 1.82) is 0 Å². The van der Waals surface area contributed by atoms with Crippen LogP contribution in [0.1, 0.15) is 10.4 Å². The number of hydrogen-bond acceptors (Lipinski definition) is 3. The summed E-state index contributed by atoms with van der Waals surface area (Å²) in [5.74, 6) is -7.60. The highest BCUT2D eigenvalue weighted by Gasteiger charge is 2.23. The van der Waals surface area contributed by atoms with Crippen LogP contribution in [0.3, 0.4) is 0 Å². The summed E-state index contributed by atoms with van der Waals surface area (Å²) in [6.45, 7) is 0. The van der Waals surface area contributed by atoms with Crippen LogP contribution in [0.4, 0.5) is 28.9 Å². The molecule has 3 aromatic rings. The van der Waals surface area contributed by atoms with Crippen molar-refractivity contribution in [2.24, 2.45) is 0 Å². The molecule has 3 N–H and O–H groups in total. The number of ether oxygens (including phenoxy) is 1. The minimum atomic E-state index is -2.05. The standard InChI is InChI=1S/C19H12F4N2O2/c20-15-9-14(16(21)18(23)17(15)22)19(26)25-11-3-7-13(8-4-11)27-12-5-1-10(24)2-6-12/h1-9H,24H2,(H,25,26). The summed E-state index contributed by atoms with van der Waals surface area (Å²) in [6, 6.07) is 12.9. The third-order valence-electron chi connectivity index (χ3n) is 3.58. The van der Waals surface area contributed by atoms with Crippen molar-refractivity contribution in [2.45, 2.75) is 0 Å². The Bertz CT molecular complexity index is 990. The molecule has 0 saturated carbocycles. The molecule has 0 aliphatic carbocycles. The number of hydrogen-bond donors (Lipinski definition) is 2. The third kappa shape index (κ3) is 4.00. The van der Waals surface area contributed by atoms with E-state index in [1.54, 1.807) is 24.3 Å². The fourth-order valence-electron chi connectivity index (χ4n) is 2.21. The molecule has 0 aliphatic rings. The minimum Gasteiger partial charge on any atom is -0.457 e. The maximum atomic E-state index is 13.7. The zero-order chi connectivity index (χ0) is 19.6. The lowest BCUT2D eigenvalue weighted by Crippen LogP contribution is -2.16. The predicted molar refractivity (Wildman–Crippen MR) is 91.6 cm³/mol. The van der Waals surface area contributed by atoms with Gasteiger partial charge in [0.2, 0.25) is 0 Å². The Hall–Kier alpha value is -3.55. The van der Waals surface area contributed by atoms with Crippen LogP contribution in [-0.2, 0) is 0 Å². The summed E-state index contributed by atoms with van der Waals surface area (Å²) in [4.78, 5) is 12.0. The Kier molecular flexibility index (Phi) is 4.98. The topological polar surface area (TPSA) is 64.3 Å². The van der Waals surface area contributed by atoms with E-state index in [0.717, 1.165) is 0 Å². The van der Waals surface area contributed by atoms with Crippen LogP contribution in [0, 0.1) is 23.3 Å². The zero-order valence-corrected chi connectivity index (χ0v) is 13.6. The van der Waals surface area contributed by atoms with Crippen molar-refractivity contribution in [2.75, 3.05) is 11.1 Å². The van der Waals surface area contributed by atoms with Gasteiger partial charge in [-0.1, -0.05) is 0 Å². The van der Waals surface area contributed by atoms with Gasteiger partial charge in [0, 0.05) is 11.4 Å². The zero-order valence-electron chi connectivity index (χ0n) is 13.6. The van der Waals surface area contributed by atoms with E-state index in [2.05, 4.69) is 5.32 Å². The van der Waals surface area contributed by atoms with E-state index in [4.69, 9.17) is 10.5 Å². The van der Waals surface area contributed by atoms with Crippen LogP contribution in [0.5, 0.6) is 11.5 Å². The first kappa shape index (κ1) is 18.2. The molecule has 27 heavy (non-hydrogen) atoms. The molecule has 0 saturated heterocycles. The number of nitrogens with one attached hydrogen (secondary N) is 1. The first-order valence-electron chi connectivity index (χ1n) is 7.63. The molecule has 138 valence electrons. The van der Waals surface area contributed by atoms with E-state index in [0.29, 0.717) is 23.3 Å². The van der Waals surface area contributed by atoms with Crippen LogP contribution in [0.15, 0.2) is 54.6 Å². The van der Waals surface area contributed by atoms with Gasteiger partial charge in [-0.25, -0.2) is 17.6 Å². The van der Waals surface area contributed by atoms with Gasteiger partial charge in [0.15, 0.2) is 23.3 Å². The highest BCUT2D eigenvalue weighted by Crippen LogP contribution is 2.25. The molecule has 8 heteroatoms. The second-order valence-electron chi connectivity index (χ2n) is 5.50. The van der Waals surface area contributed by atoms with Gasteiger partial charge in [0.25, 0.3) is 5.91 Å². The van der Waals surface area contributed by atoms with E-state index < -0.39 is 34.7 Å². The number of halogens is 4. The lowest BCUT2D eigenvalue weighted by atomic mass is 10.1. The van der Waals surface area contributed by atoms with Gasteiger partial charge >= 0.3 is 0 Å². The summed E-state index contributed by atoms with van der Waals surface area (Å²) >= 11 is 0. The van der Waals surface area contributed by atoms with Crippen molar-refractivity contribution in [3.05, 3.63) is 83.4 Å². The molecule has 0 aliphatic heterocycles. The van der Waals surface area contributed by atoms with E-state index in [1.807, 2.05) is 0 Å². The van der Waals surface area contributed by atoms with Gasteiger partial charge in [-0.2, -0.15) is 0 Å². The second-order valence-corrected chi connectivity index (χ2v) is 5.50. The van der Waals surface area contributed by atoms with E-state index in [1.165, 1.54) is 24.3 Å². The van der Waals surface area contributed by atoms with Gasteiger partial charge in [-0.15, -0.1) is 0 Å². The van der Waals surface area contributed by atoms with E-state index >= 15 is 0 Å². The molecule has 1 amide bonds. The summed E-state index contributed by atoms with van der Waals surface area (Å²) < 4.78 is 58.7. The largest absolute Gasteiger partial charge is 0.457 e. The smallest absolute Gasteiger partial charge is 0.258 e. The summed E-state index contributed by atoms with van der Waals surface area (Å²) in [6.07, 6.45) is 0. The SMILES string of the molecule is Nc1ccc(Oc2ccc(NC(=O)c3cc(F)c(F)c(F)c3F)cc2)cc1. The monoisotopic (exact) mass is 376 g/mol. The second kappa shape index (κ2) is 7.36. The van der Waals surface area contributed by atoms with Gasteiger partial charge in [-0.3, -0.25) is 4.79 Å². The molecule has 0 fully saturated rings. The molecule has 0 unspecified atom stereocenters. The summed E-state index contributed by atoms with van der Waals surface area (Å²) in [5.41, 5.74) is 5.43. The maximum Gasteiger partial charge on any atom is 0.258 e. The molecule has 3 rings (SSSR count). The van der Waals surface area contributed by atoms with Crippen LogP contribution in [0.2, 0.25) is 0 Å². The normalized spacial score (nSPS) is 10.5. The van der Waals surface area contributed by atoms with Crippen molar-refractivity contribution in [3.8, 4) is 11.5 Å². The number of nitrogen functional groups attached to an aromatic ring is 1. The van der Waals surface area contributed by atoms with Crippen LogP contribution in [-0.4, -0.2) is 5.91 Å². The Morgan fingerprint density at radius 2 is 1.37 bits per heavy atom. The molecule has 0 atom stereocenters. The van der Waals surface area contributed by atoms with E-state index in [9.17, 15) is 22.4 Å². The quantitative estimate of drug-likeness (QED) is 0.296. The summed E-state index contributed by atoms with van der Waals surface area (Å²) in [5, 5.41) is 2.26. The fourth-order valence-corrected chi connectivity index (χ4v) is 2.21. The number of carbonyl (C=O) groups is 1. The molecule has 0 radical (unpaired) electrons. The Balaban J connectivity index is 1.73. The molecule has 4 nitrogen and oxygen atoms in total. The van der Waals surface area contributed by atoms with E-state index in [-0.39, 0.29) is 5.69 Å². The molecular weight excluding hydrogens is 364 g/mol. The molecule has 0 bridgehead atoms. The van der Waals surface area contributed by atoms with Crippen LogP contribution in [0.25, 0.3) is 0 Å². The Labute approximate surface area is 151 Å². The van der Waals surface area contributed by atoms with Crippen LogP contribution < -0.4 is 15.8 Å². The van der Waals surface area contributed by atoms with Crippen LogP contribution >= 0.6 is 0 Å². The van der Waals surface area contributed by atoms with Crippen molar-refractivity contribution in [3.63, 3.8) is 0 Å². The predicted octanol–water partition coefficient (Wildman–Crippen LogP) is 4.87. The van der Waals surface area contributed by atoms with Crippen molar-refractivity contribution in [1.82, 2.24) is 0 Å². The average Bonchev–Trinajstić information content (AvgIpc) is 2.66. The number of carbonyl (C=O) groups excluding carboxylic acids is 1. The maximum absolute atomic E-state index is 13.7. The average molecular weight is 376 g/mol. The molecule has 0 aromatic heterocycles. The first-order chi connectivity index (χ1) is 12.8. The van der Waals surface area contributed by atoms with Gasteiger partial charge in [0.1, 0.15) is 11.5 Å². The van der Waals surface area contributed by atoms with Crippen molar-refractivity contribution < 1.29 is 27.1 Å². The fraction of sp³-hybridized carbons (Fsp3) is 0. The van der Waals surface area contributed by atoms with Crippen molar-refractivity contribution >= 4 is 17.3 Å². The summed E-state index contributed by atoms with van der Waals surface area (Å²) in [7, 11) is 0. The molecular formula is C19H12F4N2O2. The minimum absolute atomic E-state index is 0.217. The lowest BCUT2D eigenvalue weighted by molar-refractivity contribution is 0.102. The third-order valence-corrected chi connectivity index (χ3v) is 3.58. The number of nitrogens with two attached hydrogens (primary N) is 1. The first-order valence-corrected chi connectivity index (χ1v) is 7.63. The number of benzene rings is 3. The number of anilines is 2. The van der Waals surface area contributed by atoms with Gasteiger partial charge in [0.05, 0.1) is 5.56 Å². The Morgan fingerprint density at radius 1 is 0.815 bits per heavy atom. The number of amides is 1.